The van der Waals surface area contributed by atoms with E-state index in [0.717, 1.165) is 24.3 Å². The lowest BCUT2D eigenvalue weighted by Gasteiger charge is -2.05. The highest BCUT2D eigenvalue weighted by Gasteiger charge is 2.13. The second kappa shape index (κ2) is 29.3. The lowest BCUT2D eigenvalue weighted by molar-refractivity contribution is -0.147. The van der Waals surface area contributed by atoms with Gasteiger partial charge in [-0.1, -0.05) is 0 Å². The van der Waals surface area contributed by atoms with E-state index in [9.17, 15) is 38.4 Å². The van der Waals surface area contributed by atoms with E-state index >= 15 is 0 Å². The lowest BCUT2D eigenvalue weighted by atomic mass is 10.3. The molecule has 0 saturated carbocycles. The van der Waals surface area contributed by atoms with Crippen molar-refractivity contribution in [1.82, 2.24) is 0 Å². The zero-order valence-electron chi connectivity index (χ0n) is 20.4. The smallest absolute Gasteiger partial charge is 0.324 e. The molecule has 0 fully saturated rings. The molecule has 0 unspecified atom stereocenters. The predicted molar refractivity (Wildman–Crippen MR) is 130 cm³/mol. The Kier molecular flexibility index (Phi) is 33.1. The highest BCUT2D eigenvalue weighted by molar-refractivity contribution is 5.95. The van der Waals surface area contributed by atoms with Crippen LogP contribution in [0, 0.1) is 0 Å². The van der Waals surface area contributed by atoms with E-state index in [1.165, 1.54) is 0 Å². The van der Waals surface area contributed by atoms with E-state index in [0.29, 0.717) is 0 Å². The van der Waals surface area contributed by atoms with E-state index in [-0.39, 0.29) is 19.7 Å². The number of esters is 1. The SMILES string of the molecule is NC(=O)/C=C/C(N)=O.NC(=O)/C=C/C(N)=O.NCC(=O)O.NCC(=O)OC[C@H](N)C(=O)O.N[C@@H](CO)C(=O)O. The number of aliphatic hydroxyl groups is 1. The number of primary amides is 4. The minimum absolute atomic E-state index is 0.271. The Hall–Kier alpha value is -4.96. The molecular formula is C18H34N8O13. The first-order valence-corrected chi connectivity index (χ1v) is 9.67. The number of aliphatic hydroxyl groups excluding tert-OH is 1. The molecule has 0 aliphatic carbocycles. The maximum absolute atomic E-state index is 10.3. The predicted octanol–water partition coefficient (Wildman–Crippen LogP) is -7.65. The molecule has 224 valence electrons. The topological polar surface area (TPSA) is 435 Å². The molecule has 21 nitrogen and oxygen atoms in total. The maximum atomic E-state index is 10.3. The number of nitrogens with two attached hydrogens (primary N) is 8. The van der Waals surface area contributed by atoms with Gasteiger partial charge in [0.25, 0.3) is 0 Å². The standard InChI is InChI=1S/C5H10N2O4.2C4H6N2O2.C3H7NO3.C2H5NO2/c6-1-4(8)11-2-3(7)5(9)10;2*5-3(7)1-2-4(6)8;4-2(1-5)3(6)7;3-1-2(4)5/h3H,1-2,6-7H2,(H,9,10);2*1-2H,(H2,5,7)(H2,6,8);2,5H,1,4H2,(H,6,7);1,3H2,(H,4,5)/b;2*2-1+;;/t3-;;;2-;/m0..0./s1. The molecule has 0 spiro atoms. The van der Waals surface area contributed by atoms with Crippen LogP contribution in [0.15, 0.2) is 24.3 Å². The van der Waals surface area contributed by atoms with Crippen LogP contribution >= 0.6 is 0 Å². The van der Waals surface area contributed by atoms with Crippen LogP contribution in [0.5, 0.6) is 0 Å². The molecular weight excluding hydrogens is 536 g/mol. The van der Waals surface area contributed by atoms with Gasteiger partial charge in [-0.05, 0) is 0 Å². The van der Waals surface area contributed by atoms with Gasteiger partial charge >= 0.3 is 23.9 Å². The van der Waals surface area contributed by atoms with Gasteiger partial charge in [-0.2, -0.15) is 0 Å². The van der Waals surface area contributed by atoms with E-state index in [1.807, 2.05) is 0 Å². The molecule has 21 heteroatoms. The van der Waals surface area contributed by atoms with E-state index in [2.05, 4.69) is 33.4 Å². The van der Waals surface area contributed by atoms with Crippen LogP contribution in [-0.4, -0.2) is 106 Å². The summed E-state index contributed by atoms with van der Waals surface area (Å²) in [5, 5.41) is 31.7. The Labute approximate surface area is 220 Å². The van der Waals surface area contributed by atoms with Gasteiger partial charge in [0.05, 0.1) is 19.7 Å². The van der Waals surface area contributed by atoms with Crippen LogP contribution in [0.3, 0.4) is 0 Å². The van der Waals surface area contributed by atoms with Crippen molar-refractivity contribution in [2.75, 3.05) is 26.3 Å². The molecule has 0 radical (unpaired) electrons. The van der Waals surface area contributed by atoms with Crippen LogP contribution in [-0.2, 0) is 43.1 Å². The number of carbonyl (C=O) groups is 8. The third-order valence-electron chi connectivity index (χ3n) is 2.42. The number of carbonyl (C=O) groups excluding carboxylic acids is 5. The summed E-state index contributed by atoms with van der Waals surface area (Å²) in [6.07, 6.45) is 3.62. The van der Waals surface area contributed by atoms with Crippen LogP contribution < -0.4 is 45.9 Å². The summed E-state index contributed by atoms with van der Waals surface area (Å²) in [5.41, 5.74) is 37.6. The van der Waals surface area contributed by atoms with Gasteiger partial charge in [-0.25, -0.2) is 0 Å². The number of ether oxygens (including phenoxy) is 1. The Morgan fingerprint density at radius 3 is 1.03 bits per heavy atom. The maximum Gasteiger partial charge on any atom is 0.324 e. The molecule has 0 heterocycles. The van der Waals surface area contributed by atoms with Gasteiger partial charge in [0.2, 0.25) is 23.6 Å². The largest absolute Gasteiger partial charge is 0.480 e. The van der Waals surface area contributed by atoms with Crippen molar-refractivity contribution in [3.8, 4) is 0 Å². The van der Waals surface area contributed by atoms with Crippen molar-refractivity contribution < 1.29 is 63.5 Å². The van der Waals surface area contributed by atoms with Gasteiger partial charge in [-0.3, -0.25) is 38.4 Å². The molecule has 2 atom stereocenters. The monoisotopic (exact) mass is 570 g/mol. The molecule has 0 saturated heterocycles. The number of carboxylic acids is 3. The number of amides is 4. The number of hydrogen-bond acceptors (Lipinski definition) is 14. The summed E-state index contributed by atoms with van der Waals surface area (Å²) in [5.74, 6) is -6.73. The molecule has 0 rings (SSSR count). The first-order valence-electron chi connectivity index (χ1n) is 9.67. The highest BCUT2D eigenvalue weighted by Crippen LogP contribution is 1.82. The summed E-state index contributed by atoms with van der Waals surface area (Å²) in [6, 6.07) is -2.30. The molecule has 20 N–H and O–H groups in total. The summed E-state index contributed by atoms with van der Waals surface area (Å²) >= 11 is 0. The average molecular weight is 571 g/mol. The molecule has 0 aliphatic heterocycles. The fraction of sp³-hybridized carbons (Fsp3) is 0.333. The zero-order valence-corrected chi connectivity index (χ0v) is 20.4. The Morgan fingerprint density at radius 1 is 0.615 bits per heavy atom. The highest BCUT2D eigenvalue weighted by atomic mass is 16.5. The molecule has 0 bridgehead atoms. The van der Waals surface area contributed by atoms with Gasteiger partial charge in [0.15, 0.2) is 0 Å². The van der Waals surface area contributed by atoms with Crippen LogP contribution in [0.25, 0.3) is 0 Å². The van der Waals surface area contributed by atoms with Gasteiger partial charge in [0.1, 0.15) is 18.7 Å². The van der Waals surface area contributed by atoms with Crippen molar-refractivity contribution in [1.29, 1.82) is 0 Å². The molecule has 39 heavy (non-hydrogen) atoms. The quantitative estimate of drug-likeness (QED) is 0.0809. The molecule has 4 amide bonds. The lowest BCUT2D eigenvalue weighted by Crippen LogP contribution is -2.36. The zero-order chi connectivity index (χ0) is 32.1. The van der Waals surface area contributed by atoms with Crippen molar-refractivity contribution in [3.05, 3.63) is 24.3 Å². The average Bonchev–Trinajstić information content (AvgIpc) is 2.85. The molecule has 0 aromatic heterocycles. The number of aliphatic carboxylic acids is 3. The first-order chi connectivity index (χ1) is 17.8. The summed E-state index contributed by atoms with van der Waals surface area (Å²) < 4.78 is 4.34. The van der Waals surface area contributed by atoms with Crippen LogP contribution in [0.2, 0.25) is 0 Å². The fourth-order valence-corrected chi connectivity index (χ4v) is 0.720. The Bertz CT molecular complexity index is 796. The van der Waals surface area contributed by atoms with Crippen molar-refractivity contribution in [2.45, 2.75) is 12.1 Å². The minimum atomic E-state index is -1.21. The Morgan fingerprint density at radius 2 is 0.897 bits per heavy atom. The summed E-state index contributed by atoms with van der Waals surface area (Å²) in [6.45, 7) is -1.40. The summed E-state index contributed by atoms with van der Waals surface area (Å²) in [4.78, 5) is 78.6. The van der Waals surface area contributed by atoms with Crippen molar-refractivity contribution in [2.24, 2.45) is 45.9 Å². The number of rotatable bonds is 11. The number of carboxylic acid groups (broad SMARTS) is 3. The van der Waals surface area contributed by atoms with E-state index in [4.69, 9.17) is 37.6 Å². The third-order valence-corrected chi connectivity index (χ3v) is 2.42. The van der Waals surface area contributed by atoms with Gasteiger partial charge < -0.3 is 71.0 Å². The van der Waals surface area contributed by atoms with Crippen LogP contribution in [0.1, 0.15) is 0 Å². The number of hydrogen-bond donors (Lipinski definition) is 12. The second-order valence-corrected chi connectivity index (χ2v) is 5.83. The molecule has 0 aliphatic rings. The van der Waals surface area contributed by atoms with Gasteiger partial charge in [0, 0.05) is 24.3 Å². The van der Waals surface area contributed by atoms with E-state index < -0.39 is 66.2 Å². The molecule has 0 aromatic carbocycles. The minimum Gasteiger partial charge on any atom is -0.480 e. The summed E-state index contributed by atoms with van der Waals surface area (Å²) in [7, 11) is 0. The van der Waals surface area contributed by atoms with Crippen molar-refractivity contribution in [3.63, 3.8) is 0 Å². The van der Waals surface area contributed by atoms with Crippen molar-refractivity contribution >= 4 is 47.5 Å². The van der Waals surface area contributed by atoms with Gasteiger partial charge in [-0.15, -0.1) is 0 Å². The van der Waals surface area contributed by atoms with Crippen LogP contribution in [0.4, 0.5) is 0 Å². The first kappa shape index (κ1) is 44.1. The normalized spacial score (nSPS) is 10.7. The van der Waals surface area contributed by atoms with E-state index in [1.54, 1.807) is 0 Å². The Balaban J connectivity index is -0.000000126. The second-order valence-electron chi connectivity index (χ2n) is 5.83. The fourth-order valence-electron chi connectivity index (χ4n) is 0.720. The molecule has 0 aromatic rings. The third kappa shape index (κ3) is 55.1.